The van der Waals surface area contributed by atoms with Gasteiger partial charge in [-0.05, 0) is 50.2 Å². The monoisotopic (exact) mass is 378 g/mol. The molecule has 0 radical (unpaired) electrons. The van der Waals surface area contributed by atoms with E-state index in [0.717, 1.165) is 24.6 Å². The minimum Gasteiger partial charge on any atom is -1.00 e. The highest BCUT2D eigenvalue weighted by Crippen LogP contribution is 2.15. The van der Waals surface area contributed by atoms with E-state index in [-0.39, 0.29) is 30.5 Å². The highest BCUT2D eigenvalue weighted by atomic mass is 35.5. The molecule has 1 aliphatic heterocycles. The zero-order valence-corrected chi connectivity index (χ0v) is 16.1. The van der Waals surface area contributed by atoms with Gasteiger partial charge in [-0.15, -0.1) is 0 Å². The van der Waals surface area contributed by atoms with Crippen molar-refractivity contribution in [3.63, 3.8) is 0 Å². The van der Waals surface area contributed by atoms with Crippen molar-refractivity contribution < 1.29 is 31.3 Å². The van der Waals surface area contributed by atoms with Crippen LogP contribution in [0.2, 0.25) is 0 Å². The summed E-state index contributed by atoms with van der Waals surface area (Å²) in [6.07, 6.45) is 4.29. The summed E-state index contributed by atoms with van der Waals surface area (Å²) in [6.45, 7) is 6.79. The minimum atomic E-state index is -0.0637. The molecule has 1 fully saturated rings. The van der Waals surface area contributed by atoms with E-state index >= 15 is 0 Å². The number of carbonyl (C=O) groups is 1. The van der Waals surface area contributed by atoms with Crippen molar-refractivity contribution in [2.75, 3.05) is 19.6 Å². The minimum absolute atomic E-state index is 0. The van der Waals surface area contributed by atoms with Gasteiger partial charge >= 0.3 is 0 Å². The fraction of sp³-hybridized carbons (Fsp3) is 0.450. The van der Waals surface area contributed by atoms with Gasteiger partial charge in [-0.3, -0.25) is 4.79 Å². The first-order valence-corrected chi connectivity index (χ1v) is 9.06. The van der Waals surface area contributed by atoms with Gasteiger partial charge in [-0.2, -0.15) is 0 Å². The number of furan rings is 1. The van der Waals surface area contributed by atoms with Crippen LogP contribution in [0.3, 0.4) is 0 Å². The molecule has 1 saturated heterocycles. The van der Waals surface area contributed by atoms with Crippen molar-refractivity contribution in [3.8, 4) is 5.75 Å². The van der Waals surface area contributed by atoms with Crippen molar-refractivity contribution in [1.29, 1.82) is 0 Å². The second kappa shape index (κ2) is 9.64. The van der Waals surface area contributed by atoms with Crippen LogP contribution in [0.4, 0.5) is 0 Å². The molecule has 0 spiro atoms. The number of ether oxygens (including phenoxy) is 1. The highest BCUT2D eigenvalue weighted by molar-refractivity contribution is 5.94. The Morgan fingerprint density at radius 1 is 1.19 bits per heavy atom. The van der Waals surface area contributed by atoms with Crippen LogP contribution < -0.4 is 27.4 Å². The number of hydrogen-bond donors (Lipinski definition) is 2. The van der Waals surface area contributed by atoms with Gasteiger partial charge in [0.05, 0.1) is 32.0 Å². The molecule has 5 nitrogen and oxygen atoms in total. The number of amides is 1. The van der Waals surface area contributed by atoms with Crippen LogP contribution in [0.25, 0.3) is 0 Å². The number of rotatable bonds is 7. The van der Waals surface area contributed by atoms with Gasteiger partial charge in [0.1, 0.15) is 5.75 Å². The lowest BCUT2D eigenvalue weighted by molar-refractivity contribution is -0.919. The van der Waals surface area contributed by atoms with Crippen LogP contribution >= 0.6 is 0 Å². The summed E-state index contributed by atoms with van der Waals surface area (Å²) in [4.78, 5) is 14.0. The second-order valence-electron chi connectivity index (χ2n) is 6.83. The van der Waals surface area contributed by atoms with Crippen molar-refractivity contribution in [1.82, 2.24) is 5.32 Å². The summed E-state index contributed by atoms with van der Waals surface area (Å²) in [7, 11) is 0. The molecule has 1 amide bonds. The number of benzene rings is 1. The average molecular weight is 379 g/mol. The summed E-state index contributed by atoms with van der Waals surface area (Å²) in [5.74, 6) is 1.66. The number of nitrogens with one attached hydrogen (secondary N) is 2. The zero-order chi connectivity index (χ0) is 17.6. The molecular weight excluding hydrogens is 352 g/mol. The zero-order valence-electron chi connectivity index (χ0n) is 15.3. The third-order valence-electron chi connectivity index (χ3n) is 4.58. The van der Waals surface area contributed by atoms with Gasteiger partial charge in [0, 0.05) is 18.4 Å². The maximum absolute atomic E-state index is 12.5. The normalized spacial score (nSPS) is 15.5. The lowest BCUT2D eigenvalue weighted by Crippen LogP contribution is -3.11. The van der Waals surface area contributed by atoms with Crippen molar-refractivity contribution in [2.45, 2.75) is 38.8 Å². The molecule has 2 N–H and O–H groups in total. The SMILES string of the molecule is CC(C)Oc1ccc(C(=O)NCC(c2ccco2)[NH+]2CCCC2)cc1.[Cl-]. The van der Waals surface area contributed by atoms with E-state index in [1.54, 1.807) is 18.4 Å². The first kappa shape index (κ1) is 20.3. The van der Waals surface area contributed by atoms with Crippen LogP contribution in [-0.2, 0) is 0 Å². The molecule has 142 valence electrons. The average Bonchev–Trinajstić information content (AvgIpc) is 3.29. The Morgan fingerprint density at radius 3 is 2.46 bits per heavy atom. The fourth-order valence-electron chi connectivity index (χ4n) is 3.37. The van der Waals surface area contributed by atoms with E-state index in [0.29, 0.717) is 12.1 Å². The molecule has 2 aromatic rings. The first-order chi connectivity index (χ1) is 12.1. The molecule has 1 unspecified atom stereocenters. The fourth-order valence-corrected chi connectivity index (χ4v) is 3.37. The molecule has 1 atom stereocenters. The second-order valence-corrected chi connectivity index (χ2v) is 6.83. The predicted octanol–water partition coefficient (Wildman–Crippen LogP) is -0.779. The van der Waals surface area contributed by atoms with E-state index in [1.165, 1.54) is 17.7 Å². The highest BCUT2D eigenvalue weighted by Gasteiger charge is 2.29. The van der Waals surface area contributed by atoms with Gasteiger partial charge in [-0.25, -0.2) is 0 Å². The van der Waals surface area contributed by atoms with Gasteiger partial charge in [0.15, 0.2) is 11.8 Å². The van der Waals surface area contributed by atoms with E-state index in [4.69, 9.17) is 9.15 Å². The van der Waals surface area contributed by atoms with Crippen molar-refractivity contribution >= 4 is 5.91 Å². The molecule has 6 heteroatoms. The Labute approximate surface area is 161 Å². The predicted molar refractivity (Wildman–Crippen MR) is 95.9 cm³/mol. The molecule has 2 heterocycles. The van der Waals surface area contributed by atoms with E-state index in [1.807, 2.05) is 38.1 Å². The Hall–Kier alpha value is -1.98. The van der Waals surface area contributed by atoms with Crippen LogP contribution in [0.1, 0.15) is 48.8 Å². The van der Waals surface area contributed by atoms with E-state index in [2.05, 4.69) is 5.32 Å². The van der Waals surface area contributed by atoms with E-state index in [9.17, 15) is 4.79 Å². The van der Waals surface area contributed by atoms with Crippen molar-refractivity contribution in [3.05, 3.63) is 54.0 Å². The summed E-state index contributed by atoms with van der Waals surface area (Å²) >= 11 is 0. The lowest BCUT2D eigenvalue weighted by Gasteiger charge is -2.23. The molecule has 0 bridgehead atoms. The quantitative estimate of drug-likeness (QED) is 0.664. The number of carbonyl (C=O) groups excluding carboxylic acids is 1. The number of halogens is 1. The van der Waals surface area contributed by atoms with Crippen LogP contribution in [-0.4, -0.2) is 31.6 Å². The summed E-state index contributed by atoms with van der Waals surface area (Å²) in [5.41, 5.74) is 0.644. The van der Waals surface area contributed by atoms with Gasteiger partial charge in [-0.1, -0.05) is 0 Å². The van der Waals surface area contributed by atoms with Gasteiger partial charge in [0.2, 0.25) is 0 Å². The molecule has 1 aromatic heterocycles. The Balaban J connectivity index is 0.00000243. The third kappa shape index (κ3) is 5.26. The van der Waals surface area contributed by atoms with E-state index < -0.39 is 0 Å². The van der Waals surface area contributed by atoms with Crippen molar-refractivity contribution in [2.24, 2.45) is 0 Å². The molecule has 26 heavy (non-hydrogen) atoms. The topological polar surface area (TPSA) is 55.9 Å². The molecule has 0 aliphatic carbocycles. The Bertz CT molecular complexity index is 665. The first-order valence-electron chi connectivity index (χ1n) is 9.06. The van der Waals surface area contributed by atoms with Crippen LogP contribution in [0.15, 0.2) is 47.1 Å². The Kier molecular flexibility index (Phi) is 7.54. The number of likely N-dealkylation sites (tertiary alicyclic amines) is 1. The largest absolute Gasteiger partial charge is 1.00 e. The lowest BCUT2D eigenvalue weighted by atomic mass is 10.1. The number of hydrogen-bond acceptors (Lipinski definition) is 3. The molecule has 3 rings (SSSR count). The molecule has 1 aromatic carbocycles. The molecular formula is C20H27ClN2O3. The van der Waals surface area contributed by atoms with Gasteiger partial charge in [0.25, 0.3) is 5.91 Å². The third-order valence-corrected chi connectivity index (χ3v) is 4.58. The maximum Gasteiger partial charge on any atom is 0.251 e. The van der Waals surface area contributed by atoms with Gasteiger partial charge < -0.3 is 31.8 Å². The number of quaternary nitrogens is 1. The molecule has 0 saturated carbocycles. The smallest absolute Gasteiger partial charge is 0.251 e. The summed E-state index contributed by atoms with van der Waals surface area (Å²) in [6, 6.07) is 11.4. The summed E-state index contributed by atoms with van der Waals surface area (Å²) in [5, 5.41) is 3.06. The van der Waals surface area contributed by atoms with Crippen LogP contribution in [0.5, 0.6) is 5.75 Å². The summed E-state index contributed by atoms with van der Waals surface area (Å²) < 4.78 is 11.2. The molecule has 1 aliphatic rings. The van der Waals surface area contributed by atoms with Crippen LogP contribution in [0, 0.1) is 0 Å². The standard InChI is InChI=1S/C20H26N2O3.ClH/c1-15(2)25-17-9-7-16(8-10-17)20(23)21-14-18(19-6-5-13-24-19)22-11-3-4-12-22;/h5-10,13,15,18H,3-4,11-12,14H2,1-2H3,(H,21,23);1H. The maximum atomic E-state index is 12.5. The Morgan fingerprint density at radius 2 is 1.88 bits per heavy atom.